The molecular weight excluding hydrogens is 198 g/mol. The first-order chi connectivity index (χ1) is 7.68. The molecule has 0 saturated heterocycles. The SMILES string of the molecule is CN1Cc2c(c3ccccc3n2C)C(N)C1. The van der Waals surface area contributed by atoms with E-state index in [1.54, 1.807) is 0 Å². The third-order valence-electron chi connectivity index (χ3n) is 3.57. The molecule has 2 heterocycles. The first-order valence-electron chi connectivity index (χ1n) is 5.69. The van der Waals surface area contributed by atoms with Crippen molar-refractivity contribution in [3.63, 3.8) is 0 Å². The summed E-state index contributed by atoms with van der Waals surface area (Å²) in [6.07, 6.45) is 0. The van der Waals surface area contributed by atoms with Crippen molar-refractivity contribution in [3.05, 3.63) is 35.5 Å². The normalized spacial score (nSPS) is 21.3. The van der Waals surface area contributed by atoms with Gasteiger partial charge in [0.05, 0.1) is 0 Å². The van der Waals surface area contributed by atoms with Crippen LogP contribution in [-0.2, 0) is 13.6 Å². The van der Waals surface area contributed by atoms with Crippen LogP contribution in [0.2, 0.25) is 0 Å². The van der Waals surface area contributed by atoms with E-state index < -0.39 is 0 Å². The molecule has 1 aromatic carbocycles. The lowest BCUT2D eigenvalue weighted by atomic mass is 9.99. The summed E-state index contributed by atoms with van der Waals surface area (Å²) in [5, 5.41) is 1.32. The van der Waals surface area contributed by atoms with Crippen LogP contribution in [-0.4, -0.2) is 23.1 Å². The van der Waals surface area contributed by atoms with Crippen LogP contribution in [0, 0.1) is 0 Å². The average Bonchev–Trinajstić information content (AvgIpc) is 2.54. The third-order valence-corrected chi connectivity index (χ3v) is 3.57. The molecule has 84 valence electrons. The van der Waals surface area contributed by atoms with E-state index >= 15 is 0 Å². The largest absolute Gasteiger partial charge is 0.346 e. The number of hydrogen-bond acceptors (Lipinski definition) is 2. The molecule has 3 heteroatoms. The number of aryl methyl sites for hydroxylation is 1. The fraction of sp³-hybridized carbons (Fsp3) is 0.385. The molecule has 0 aliphatic carbocycles. The number of fused-ring (bicyclic) bond motifs is 3. The lowest BCUT2D eigenvalue weighted by Gasteiger charge is -2.28. The average molecular weight is 215 g/mol. The van der Waals surface area contributed by atoms with E-state index in [1.165, 1.54) is 22.2 Å². The van der Waals surface area contributed by atoms with E-state index in [4.69, 9.17) is 5.73 Å². The van der Waals surface area contributed by atoms with Crippen LogP contribution >= 0.6 is 0 Å². The highest BCUT2D eigenvalue weighted by Crippen LogP contribution is 2.33. The van der Waals surface area contributed by atoms with Gasteiger partial charge in [-0.1, -0.05) is 18.2 Å². The Kier molecular flexibility index (Phi) is 2.06. The number of nitrogens with zero attached hydrogens (tertiary/aromatic N) is 2. The highest BCUT2D eigenvalue weighted by Gasteiger charge is 2.26. The Morgan fingerprint density at radius 3 is 2.81 bits per heavy atom. The first kappa shape index (κ1) is 9.87. The van der Waals surface area contributed by atoms with Gasteiger partial charge in [0.1, 0.15) is 0 Å². The maximum Gasteiger partial charge on any atom is 0.0483 e. The quantitative estimate of drug-likeness (QED) is 0.724. The molecule has 0 radical (unpaired) electrons. The second-order valence-electron chi connectivity index (χ2n) is 4.74. The Morgan fingerprint density at radius 1 is 1.25 bits per heavy atom. The summed E-state index contributed by atoms with van der Waals surface area (Å²) in [6, 6.07) is 8.66. The maximum atomic E-state index is 6.26. The third kappa shape index (κ3) is 1.22. The molecule has 1 unspecified atom stereocenters. The second-order valence-corrected chi connectivity index (χ2v) is 4.74. The van der Waals surface area contributed by atoms with Crippen LogP contribution in [0.1, 0.15) is 17.3 Å². The number of rotatable bonds is 0. The van der Waals surface area contributed by atoms with Crippen LogP contribution in [0.3, 0.4) is 0 Å². The molecule has 1 aromatic heterocycles. The maximum absolute atomic E-state index is 6.26. The molecule has 0 bridgehead atoms. The van der Waals surface area contributed by atoms with Crippen molar-refractivity contribution in [2.24, 2.45) is 12.8 Å². The van der Waals surface area contributed by atoms with Gasteiger partial charge in [0, 0.05) is 48.3 Å². The minimum absolute atomic E-state index is 0.139. The van der Waals surface area contributed by atoms with E-state index in [0.29, 0.717) is 0 Å². The van der Waals surface area contributed by atoms with Crippen LogP contribution in [0.15, 0.2) is 24.3 Å². The summed E-state index contributed by atoms with van der Waals surface area (Å²) >= 11 is 0. The van der Waals surface area contributed by atoms with Crippen LogP contribution in [0.5, 0.6) is 0 Å². The number of benzene rings is 1. The zero-order chi connectivity index (χ0) is 11.3. The molecule has 0 fully saturated rings. The number of likely N-dealkylation sites (N-methyl/N-ethyl adjacent to an activating group) is 1. The van der Waals surface area contributed by atoms with E-state index in [1.807, 2.05) is 0 Å². The van der Waals surface area contributed by atoms with Gasteiger partial charge in [-0.05, 0) is 13.1 Å². The van der Waals surface area contributed by atoms with Crippen LogP contribution in [0.25, 0.3) is 10.9 Å². The molecule has 0 amide bonds. The molecule has 0 saturated carbocycles. The molecule has 3 nitrogen and oxygen atoms in total. The number of para-hydroxylation sites is 1. The van der Waals surface area contributed by atoms with Crippen molar-refractivity contribution in [2.75, 3.05) is 13.6 Å². The number of nitrogens with two attached hydrogens (primary N) is 1. The van der Waals surface area contributed by atoms with Gasteiger partial charge in [-0.15, -0.1) is 0 Å². The van der Waals surface area contributed by atoms with E-state index in [2.05, 4.69) is 47.8 Å². The zero-order valence-electron chi connectivity index (χ0n) is 9.77. The van der Waals surface area contributed by atoms with Crippen LogP contribution in [0.4, 0.5) is 0 Å². The van der Waals surface area contributed by atoms with Crippen molar-refractivity contribution in [3.8, 4) is 0 Å². The van der Waals surface area contributed by atoms with Crippen molar-refractivity contribution in [2.45, 2.75) is 12.6 Å². The van der Waals surface area contributed by atoms with Crippen molar-refractivity contribution in [1.82, 2.24) is 9.47 Å². The minimum Gasteiger partial charge on any atom is -0.346 e. The van der Waals surface area contributed by atoms with E-state index in [0.717, 1.165) is 13.1 Å². The van der Waals surface area contributed by atoms with Gasteiger partial charge in [-0.25, -0.2) is 0 Å². The Morgan fingerprint density at radius 2 is 2.00 bits per heavy atom. The smallest absolute Gasteiger partial charge is 0.0483 e. The predicted octanol–water partition coefficient (Wildman–Crippen LogP) is 1.62. The fourth-order valence-electron chi connectivity index (χ4n) is 2.83. The highest BCUT2D eigenvalue weighted by atomic mass is 15.1. The summed E-state index contributed by atoms with van der Waals surface area (Å²) < 4.78 is 2.28. The van der Waals surface area contributed by atoms with E-state index in [-0.39, 0.29) is 6.04 Å². The second kappa shape index (κ2) is 3.34. The summed E-state index contributed by atoms with van der Waals surface area (Å²) in [5.41, 5.74) is 10.3. The molecule has 0 spiro atoms. The Hall–Kier alpha value is -1.32. The first-order valence-corrected chi connectivity index (χ1v) is 5.69. The zero-order valence-corrected chi connectivity index (χ0v) is 9.77. The van der Waals surface area contributed by atoms with Crippen molar-refractivity contribution >= 4 is 10.9 Å². The Labute approximate surface area is 95.5 Å². The number of hydrogen-bond donors (Lipinski definition) is 1. The number of aromatic nitrogens is 1. The van der Waals surface area contributed by atoms with Gasteiger partial charge in [0.2, 0.25) is 0 Å². The van der Waals surface area contributed by atoms with Gasteiger partial charge >= 0.3 is 0 Å². The molecule has 1 aliphatic rings. The Balaban J connectivity index is 2.35. The summed E-state index contributed by atoms with van der Waals surface area (Å²) in [4.78, 5) is 2.28. The lowest BCUT2D eigenvalue weighted by Crippen LogP contribution is -2.34. The topological polar surface area (TPSA) is 34.2 Å². The molecule has 1 aliphatic heterocycles. The summed E-state index contributed by atoms with van der Waals surface area (Å²) in [5.74, 6) is 0. The molecule has 1 atom stereocenters. The molecule has 16 heavy (non-hydrogen) atoms. The fourth-order valence-corrected chi connectivity index (χ4v) is 2.83. The molecule has 2 aromatic rings. The van der Waals surface area contributed by atoms with Crippen LogP contribution < -0.4 is 5.73 Å². The summed E-state index contributed by atoms with van der Waals surface area (Å²) in [7, 11) is 4.26. The van der Waals surface area contributed by atoms with Gasteiger partial charge in [0.25, 0.3) is 0 Å². The molecule has 2 N–H and O–H groups in total. The predicted molar refractivity (Wildman–Crippen MR) is 66.2 cm³/mol. The lowest BCUT2D eigenvalue weighted by molar-refractivity contribution is 0.277. The summed E-state index contributed by atoms with van der Waals surface area (Å²) in [6.45, 7) is 1.94. The van der Waals surface area contributed by atoms with Gasteiger partial charge in [-0.3, -0.25) is 4.90 Å². The van der Waals surface area contributed by atoms with Crippen molar-refractivity contribution in [1.29, 1.82) is 0 Å². The minimum atomic E-state index is 0.139. The molecule has 3 rings (SSSR count). The van der Waals surface area contributed by atoms with E-state index in [9.17, 15) is 0 Å². The standard InChI is InChI=1S/C13H17N3/c1-15-7-10(14)13-9-5-3-4-6-11(9)16(2)12(13)8-15/h3-6,10H,7-8,14H2,1-2H3. The Bertz CT molecular complexity index is 541. The van der Waals surface area contributed by atoms with Gasteiger partial charge < -0.3 is 10.3 Å². The monoisotopic (exact) mass is 215 g/mol. The van der Waals surface area contributed by atoms with Gasteiger partial charge in [-0.2, -0.15) is 0 Å². The molecular formula is C13H17N3. The van der Waals surface area contributed by atoms with Crippen molar-refractivity contribution < 1.29 is 0 Å². The highest BCUT2D eigenvalue weighted by molar-refractivity contribution is 5.86. The van der Waals surface area contributed by atoms with Gasteiger partial charge in [0.15, 0.2) is 0 Å².